The van der Waals surface area contributed by atoms with Gasteiger partial charge in [-0.2, -0.15) is 0 Å². The number of rotatable bonds is 4. The molecule has 0 saturated heterocycles. The monoisotopic (exact) mass is 635 g/mol. The van der Waals surface area contributed by atoms with Crippen molar-refractivity contribution in [3.8, 4) is 16.9 Å². The summed E-state index contributed by atoms with van der Waals surface area (Å²) in [4.78, 5) is 2.46. The van der Waals surface area contributed by atoms with Gasteiger partial charge in [-0.25, -0.2) is 0 Å². The zero-order valence-corrected chi connectivity index (χ0v) is 28.6. The van der Waals surface area contributed by atoms with Crippen LogP contribution in [-0.2, 0) is 5.41 Å². The molecular weight excluding hydrogens is 597 g/mol. The van der Waals surface area contributed by atoms with Crippen LogP contribution in [0.4, 0.5) is 17.1 Å². The molecule has 0 saturated carbocycles. The van der Waals surface area contributed by atoms with Gasteiger partial charge in [0.1, 0.15) is 19.2 Å². The standard InChI is InChI=1S/C45H38BNO2/c1-43(2,48)44(3,4)49-34-20-18-30-26-42-40(24-31(30)22-34)45(37-17-11-10-16-35(37)36-21-19-32(46)27-38(36)45)39-23-28-12-8-9-13-29(28)25-41(39)47(42)33-14-6-5-7-15-33/h5-27,48H,46H2,1-4H3. The average Bonchev–Trinajstić information content (AvgIpc) is 3.37. The maximum atomic E-state index is 10.9. The zero-order valence-electron chi connectivity index (χ0n) is 28.6. The molecule has 3 nitrogen and oxygen atoms in total. The van der Waals surface area contributed by atoms with Gasteiger partial charge in [-0.3, -0.25) is 0 Å². The minimum Gasteiger partial charge on any atom is -0.485 e. The highest BCUT2D eigenvalue weighted by Gasteiger charge is 2.52. The summed E-state index contributed by atoms with van der Waals surface area (Å²) in [6.07, 6.45) is 0. The Morgan fingerprint density at radius 2 is 1.14 bits per heavy atom. The van der Waals surface area contributed by atoms with E-state index >= 15 is 0 Å². The molecule has 1 aliphatic heterocycles. The fourth-order valence-electron chi connectivity index (χ4n) is 8.05. The molecule has 2 aliphatic rings. The van der Waals surface area contributed by atoms with E-state index in [-0.39, 0.29) is 0 Å². The lowest BCUT2D eigenvalue weighted by Gasteiger charge is -2.45. The number of hydrogen-bond donors (Lipinski definition) is 1. The quantitative estimate of drug-likeness (QED) is 0.196. The Morgan fingerprint density at radius 3 is 1.86 bits per heavy atom. The summed E-state index contributed by atoms with van der Waals surface area (Å²) in [6, 6.07) is 51.3. The van der Waals surface area contributed by atoms with Crippen LogP contribution in [0.5, 0.6) is 5.75 Å². The van der Waals surface area contributed by atoms with Crippen LogP contribution in [0.3, 0.4) is 0 Å². The second-order valence-corrected chi connectivity index (χ2v) is 14.8. The van der Waals surface area contributed by atoms with Crippen LogP contribution in [-0.4, -0.2) is 24.2 Å². The molecule has 0 amide bonds. The Hall–Kier alpha value is -5.32. The normalized spacial score (nSPS) is 16.4. The molecule has 238 valence electrons. The molecule has 1 aliphatic carbocycles. The minimum absolute atomic E-state index is 0.560. The number of anilines is 3. The van der Waals surface area contributed by atoms with Crippen LogP contribution >= 0.6 is 0 Å². The van der Waals surface area contributed by atoms with Crippen molar-refractivity contribution < 1.29 is 9.84 Å². The molecule has 9 rings (SSSR count). The first-order valence-electron chi connectivity index (χ1n) is 17.2. The predicted octanol–water partition coefficient (Wildman–Crippen LogP) is 9.33. The molecule has 7 aromatic rings. The fraction of sp³-hybridized carbons (Fsp3) is 0.156. The second-order valence-electron chi connectivity index (χ2n) is 14.8. The molecule has 1 unspecified atom stereocenters. The number of ether oxygens (including phenoxy) is 1. The average molecular weight is 636 g/mol. The molecule has 0 radical (unpaired) electrons. The molecule has 1 heterocycles. The SMILES string of the molecule is Bc1ccc2c(c1)C1(c3ccccc3-2)c2cc3ccccc3cc2N(c2ccccc2)c2cc3ccc(OC(C)(C)C(C)(C)O)cc3cc21. The van der Waals surface area contributed by atoms with E-state index in [1.165, 1.54) is 55.3 Å². The van der Waals surface area contributed by atoms with Crippen LogP contribution < -0.4 is 15.1 Å². The summed E-state index contributed by atoms with van der Waals surface area (Å²) in [5.74, 6) is 0.735. The lowest BCUT2D eigenvalue weighted by molar-refractivity contribution is -0.0906. The number of hydrogen-bond acceptors (Lipinski definition) is 3. The van der Waals surface area contributed by atoms with E-state index < -0.39 is 16.6 Å². The highest BCUT2D eigenvalue weighted by molar-refractivity contribution is 6.32. The van der Waals surface area contributed by atoms with Gasteiger partial charge >= 0.3 is 0 Å². The third kappa shape index (κ3) is 4.27. The molecule has 4 heteroatoms. The number of fused-ring (bicyclic) bond motifs is 11. The van der Waals surface area contributed by atoms with Gasteiger partial charge in [0.25, 0.3) is 0 Å². The van der Waals surface area contributed by atoms with Gasteiger partial charge in [0, 0.05) is 5.69 Å². The fourth-order valence-corrected chi connectivity index (χ4v) is 8.05. The van der Waals surface area contributed by atoms with E-state index in [1.807, 2.05) is 19.9 Å². The second kappa shape index (κ2) is 10.3. The van der Waals surface area contributed by atoms with E-state index in [0.29, 0.717) is 0 Å². The summed E-state index contributed by atoms with van der Waals surface area (Å²) in [6.45, 7) is 7.47. The van der Waals surface area contributed by atoms with Gasteiger partial charge in [-0.1, -0.05) is 96.5 Å². The van der Waals surface area contributed by atoms with E-state index in [9.17, 15) is 5.11 Å². The highest BCUT2D eigenvalue weighted by atomic mass is 16.5. The van der Waals surface area contributed by atoms with E-state index in [0.717, 1.165) is 27.9 Å². The van der Waals surface area contributed by atoms with Crippen molar-refractivity contribution in [3.05, 3.63) is 162 Å². The Bertz CT molecular complexity index is 2460. The summed E-state index contributed by atoms with van der Waals surface area (Å²) in [5, 5.41) is 15.6. The van der Waals surface area contributed by atoms with Crippen molar-refractivity contribution in [2.75, 3.05) is 4.90 Å². The maximum Gasteiger partial charge on any atom is 0.139 e. The molecule has 7 aromatic carbocycles. The van der Waals surface area contributed by atoms with Crippen molar-refractivity contribution in [1.29, 1.82) is 0 Å². The first-order chi connectivity index (χ1) is 23.6. The lowest BCUT2D eigenvalue weighted by atomic mass is 9.63. The zero-order chi connectivity index (χ0) is 33.7. The Morgan fingerprint density at radius 1 is 0.551 bits per heavy atom. The first-order valence-corrected chi connectivity index (χ1v) is 17.2. The lowest BCUT2D eigenvalue weighted by Crippen LogP contribution is -2.49. The van der Waals surface area contributed by atoms with Gasteiger partial charge in [0.05, 0.1) is 22.4 Å². The summed E-state index contributed by atoms with van der Waals surface area (Å²) >= 11 is 0. The van der Waals surface area contributed by atoms with Gasteiger partial charge in [-0.15, -0.1) is 0 Å². The number of aliphatic hydroxyl groups is 1. The topological polar surface area (TPSA) is 32.7 Å². The number of para-hydroxylation sites is 1. The third-order valence-electron chi connectivity index (χ3n) is 11.1. The van der Waals surface area contributed by atoms with Crippen molar-refractivity contribution in [1.82, 2.24) is 0 Å². The van der Waals surface area contributed by atoms with Gasteiger partial charge in [0.2, 0.25) is 0 Å². The highest BCUT2D eigenvalue weighted by Crippen LogP contribution is 2.64. The number of benzene rings is 7. The van der Waals surface area contributed by atoms with Crippen LogP contribution in [0.25, 0.3) is 32.7 Å². The van der Waals surface area contributed by atoms with Gasteiger partial charge < -0.3 is 14.7 Å². The van der Waals surface area contributed by atoms with Gasteiger partial charge in [0.15, 0.2) is 0 Å². The number of nitrogens with zero attached hydrogens (tertiary/aromatic N) is 1. The van der Waals surface area contributed by atoms with Crippen LogP contribution in [0.15, 0.2) is 140 Å². The van der Waals surface area contributed by atoms with Crippen molar-refractivity contribution in [2.45, 2.75) is 44.3 Å². The van der Waals surface area contributed by atoms with E-state index in [1.54, 1.807) is 13.8 Å². The van der Waals surface area contributed by atoms with Crippen molar-refractivity contribution >= 4 is 51.9 Å². The van der Waals surface area contributed by atoms with Crippen molar-refractivity contribution in [3.63, 3.8) is 0 Å². The Labute approximate surface area is 288 Å². The summed E-state index contributed by atoms with van der Waals surface area (Å²) in [5.41, 5.74) is 10.0. The van der Waals surface area contributed by atoms with E-state index in [2.05, 4.69) is 146 Å². The third-order valence-corrected chi connectivity index (χ3v) is 11.1. The molecule has 49 heavy (non-hydrogen) atoms. The first kappa shape index (κ1) is 29.8. The van der Waals surface area contributed by atoms with E-state index in [4.69, 9.17) is 4.74 Å². The van der Waals surface area contributed by atoms with Crippen LogP contribution in [0, 0.1) is 0 Å². The largest absolute Gasteiger partial charge is 0.485 e. The van der Waals surface area contributed by atoms with Crippen LogP contribution in [0.1, 0.15) is 49.9 Å². The Balaban J connectivity index is 1.43. The van der Waals surface area contributed by atoms with Gasteiger partial charge in [-0.05, 0) is 131 Å². The predicted molar refractivity (Wildman–Crippen MR) is 206 cm³/mol. The Kier molecular flexibility index (Phi) is 6.29. The molecule has 0 fully saturated rings. The molecule has 1 N–H and O–H groups in total. The minimum atomic E-state index is -1.03. The molecule has 1 spiro atoms. The molecule has 0 bridgehead atoms. The summed E-state index contributed by atoms with van der Waals surface area (Å²) < 4.78 is 6.50. The summed E-state index contributed by atoms with van der Waals surface area (Å²) in [7, 11) is 2.20. The smallest absolute Gasteiger partial charge is 0.139 e. The maximum absolute atomic E-state index is 10.9. The molecule has 0 aromatic heterocycles. The van der Waals surface area contributed by atoms with Crippen molar-refractivity contribution in [2.24, 2.45) is 0 Å². The molecular formula is C45H38BNO2. The molecule has 1 atom stereocenters. The van der Waals surface area contributed by atoms with Crippen LogP contribution in [0.2, 0.25) is 0 Å².